The van der Waals surface area contributed by atoms with E-state index in [1.54, 1.807) is 6.08 Å². The molecule has 1 aliphatic rings. The summed E-state index contributed by atoms with van der Waals surface area (Å²) >= 11 is 3.39. The van der Waals surface area contributed by atoms with Crippen molar-refractivity contribution in [2.24, 2.45) is 0 Å². The Kier molecular flexibility index (Phi) is 6.14. The lowest BCUT2D eigenvalue weighted by atomic mass is 9.91. The van der Waals surface area contributed by atoms with Crippen molar-refractivity contribution in [2.45, 2.75) is 13.3 Å². The van der Waals surface area contributed by atoms with Crippen LogP contribution in [0.25, 0.3) is 11.6 Å². The average molecular weight is 428 g/mol. The Morgan fingerprint density at radius 3 is 2.67 bits per heavy atom. The van der Waals surface area contributed by atoms with Gasteiger partial charge in [0.05, 0.1) is 7.11 Å². The molecule has 5 heteroatoms. The Hall–Kier alpha value is -2.37. The Labute approximate surface area is 167 Å². The summed E-state index contributed by atoms with van der Waals surface area (Å²) in [6.45, 7) is 3.53. The summed E-state index contributed by atoms with van der Waals surface area (Å²) in [6.07, 6.45) is 6.07. The number of rotatable bonds is 5. The number of aromatic hydroxyl groups is 1. The van der Waals surface area contributed by atoms with E-state index in [-0.39, 0.29) is 17.1 Å². The number of aryl methyl sites for hydroxylation is 1. The standard InChI is InChI=1S/C22H22BrNO3/c1-14-13-19(27-2)21(22(26)20(14)16-9-11-24-12-10-16)18(25)8-5-15-3-6-17(23)7-4-15/h3-9,13,24,26H,10-12H2,1-2H3/b8-5+. The van der Waals surface area contributed by atoms with Crippen molar-refractivity contribution >= 4 is 33.4 Å². The van der Waals surface area contributed by atoms with E-state index < -0.39 is 0 Å². The minimum atomic E-state index is -0.289. The second-order valence-electron chi connectivity index (χ2n) is 6.43. The first-order chi connectivity index (χ1) is 13.0. The topological polar surface area (TPSA) is 58.6 Å². The summed E-state index contributed by atoms with van der Waals surface area (Å²) < 4.78 is 6.36. The lowest BCUT2D eigenvalue weighted by molar-refractivity contribution is 0.104. The number of carbonyl (C=O) groups excluding carboxylic acids is 1. The molecule has 2 N–H and O–H groups in total. The second-order valence-corrected chi connectivity index (χ2v) is 7.34. The molecular weight excluding hydrogens is 406 g/mol. The number of carbonyl (C=O) groups is 1. The molecule has 3 rings (SSSR count). The zero-order valence-electron chi connectivity index (χ0n) is 15.4. The number of hydrogen-bond acceptors (Lipinski definition) is 4. The number of phenols is 1. The third kappa shape index (κ3) is 4.31. The molecular formula is C22H22BrNO3. The van der Waals surface area contributed by atoms with Gasteiger partial charge in [0, 0.05) is 16.6 Å². The van der Waals surface area contributed by atoms with Crippen molar-refractivity contribution < 1.29 is 14.6 Å². The fraction of sp³-hybridized carbons (Fsp3) is 0.227. The van der Waals surface area contributed by atoms with Crippen molar-refractivity contribution in [1.82, 2.24) is 5.32 Å². The molecule has 0 fully saturated rings. The molecule has 0 saturated carbocycles. The maximum absolute atomic E-state index is 12.9. The fourth-order valence-electron chi connectivity index (χ4n) is 3.25. The third-order valence-corrected chi connectivity index (χ3v) is 5.14. The third-order valence-electron chi connectivity index (χ3n) is 4.61. The van der Waals surface area contributed by atoms with Crippen LogP contribution >= 0.6 is 15.9 Å². The first-order valence-corrected chi connectivity index (χ1v) is 9.59. The smallest absolute Gasteiger partial charge is 0.193 e. The molecule has 1 heterocycles. The molecule has 0 spiro atoms. The molecule has 0 saturated heterocycles. The SMILES string of the molecule is COc1cc(C)c(C2=CCNCC2)c(O)c1C(=O)/C=C/c1ccc(Br)cc1. The van der Waals surface area contributed by atoms with Crippen molar-refractivity contribution in [3.8, 4) is 11.5 Å². The van der Waals surface area contributed by atoms with Gasteiger partial charge >= 0.3 is 0 Å². The van der Waals surface area contributed by atoms with Crippen LogP contribution in [0.4, 0.5) is 0 Å². The van der Waals surface area contributed by atoms with Gasteiger partial charge in [-0.3, -0.25) is 4.79 Å². The Morgan fingerprint density at radius 1 is 1.30 bits per heavy atom. The molecule has 0 bridgehead atoms. The summed E-state index contributed by atoms with van der Waals surface area (Å²) in [6, 6.07) is 9.46. The van der Waals surface area contributed by atoms with Gasteiger partial charge in [-0.15, -0.1) is 0 Å². The van der Waals surface area contributed by atoms with Gasteiger partial charge in [0.2, 0.25) is 0 Å². The summed E-state index contributed by atoms with van der Waals surface area (Å²) in [5.74, 6) is 0.0854. The van der Waals surface area contributed by atoms with Crippen LogP contribution < -0.4 is 10.1 Å². The van der Waals surface area contributed by atoms with Crippen LogP contribution in [-0.2, 0) is 0 Å². The highest BCUT2D eigenvalue weighted by Crippen LogP contribution is 2.39. The summed E-state index contributed by atoms with van der Waals surface area (Å²) in [5.41, 5.74) is 3.78. The predicted octanol–water partition coefficient (Wildman–Crippen LogP) is 4.74. The molecule has 2 aromatic rings. The van der Waals surface area contributed by atoms with Crippen LogP contribution in [0.2, 0.25) is 0 Å². The monoisotopic (exact) mass is 427 g/mol. The number of hydrogen-bond donors (Lipinski definition) is 2. The quantitative estimate of drug-likeness (QED) is 0.534. The number of nitrogens with one attached hydrogen (secondary N) is 1. The number of phenolic OH excluding ortho intramolecular Hbond substituents is 1. The van der Waals surface area contributed by atoms with Gasteiger partial charge < -0.3 is 15.2 Å². The first-order valence-electron chi connectivity index (χ1n) is 8.80. The molecule has 140 valence electrons. The number of halogens is 1. The normalized spacial score (nSPS) is 14.3. The van der Waals surface area contributed by atoms with Crippen molar-refractivity contribution in [1.29, 1.82) is 0 Å². The number of methoxy groups -OCH3 is 1. The number of ether oxygens (including phenoxy) is 1. The zero-order chi connectivity index (χ0) is 19.4. The van der Waals surface area contributed by atoms with Crippen LogP contribution in [0.5, 0.6) is 11.5 Å². The summed E-state index contributed by atoms with van der Waals surface area (Å²) in [7, 11) is 1.51. The van der Waals surface area contributed by atoms with Gasteiger partial charge in [-0.05, 0) is 60.9 Å². The number of benzene rings is 2. The summed E-state index contributed by atoms with van der Waals surface area (Å²) in [5, 5.41) is 14.2. The van der Waals surface area contributed by atoms with Gasteiger partial charge in [0.1, 0.15) is 17.1 Å². The Bertz CT molecular complexity index is 914. The highest BCUT2D eigenvalue weighted by Gasteiger charge is 2.23. The van der Waals surface area contributed by atoms with Crippen molar-refractivity contribution in [2.75, 3.05) is 20.2 Å². The number of ketones is 1. The molecule has 27 heavy (non-hydrogen) atoms. The second kappa shape index (κ2) is 8.55. The van der Waals surface area contributed by atoms with E-state index in [9.17, 15) is 9.90 Å². The molecule has 0 atom stereocenters. The maximum Gasteiger partial charge on any atom is 0.193 e. The van der Waals surface area contributed by atoms with Crippen LogP contribution in [0.15, 0.2) is 47.0 Å². The molecule has 4 nitrogen and oxygen atoms in total. The minimum absolute atomic E-state index is 0.00884. The van der Waals surface area contributed by atoms with Gasteiger partial charge in [0.25, 0.3) is 0 Å². The van der Waals surface area contributed by atoms with Gasteiger partial charge in [0.15, 0.2) is 5.78 Å². The van der Waals surface area contributed by atoms with Gasteiger partial charge in [-0.25, -0.2) is 0 Å². The fourth-order valence-corrected chi connectivity index (χ4v) is 3.52. The minimum Gasteiger partial charge on any atom is -0.506 e. The molecule has 0 radical (unpaired) electrons. The van der Waals surface area contributed by atoms with Crippen LogP contribution in [-0.4, -0.2) is 31.1 Å². The molecule has 0 amide bonds. The predicted molar refractivity (Wildman–Crippen MR) is 112 cm³/mol. The molecule has 2 aromatic carbocycles. The van der Waals surface area contributed by atoms with Crippen LogP contribution in [0.1, 0.15) is 33.5 Å². The summed E-state index contributed by atoms with van der Waals surface area (Å²) in [4.78, 5) is 12.9. The van der Waals surface area contributed by atoms with Gasteiger partial charge in [-0.2, -0.15) is 0 Å². The van der Waals surface area contributed by atoms with Crippen LogP contribution in [0.3, 0.4) is 0 Å². The lowest BCUT2D eigenvalue weighted by Crippen LogP contribution is -2.20. The first kappa shape index (κ1) is 19.4. The van der Waals surface area contributed by atoms with E-state index in [1.165, 1.54) is 13.2 Å². The van der Waals surface area contributed by atoms with Crippen molar-refractivity contribution in [3.63, 3.8) is 0 Å². The van der Waals surface area contributed by atoms with Gasteiger partial charge in [-0.1, -0.05) is 40.2 Å². The van der Waals surface area contributed by atoms with E-state index in [2.05, 4.69) is 27.3 Å². The molecule has 0 aliphatic carbocycles. The Balaban J connectivity index is 2.01. The highest BCUT2D eigenvalue weighted by molar-refractivity contribution is 9.10. The molecule has 1 aliphatic heterocycles. The maximum atomic E-state index is 12.9. The molecule has 0 unspecified atom stereocenters. The molecule has 0 aromatic heterocycles. The van der Waals surface area contributed by atoms with E-state index in [1.807, 2.05) is 37.3 Å². The van der Waals surface area contributed by atoms with E-state index in [4.69, 9.17) is 4.74 Å². The van der Waals surface area contributed by atoms with Crippen LogP contribution in [0, 0.1) is 6.92 Å². The lowest BCUT2D eigenvalue weighted by Gasteiger charge is -2.20. The Morgan fingerprint density at radius 2 is 2.04 bits per heavy atom. The largest absolute Gasteiger partial charge is 0.506 e. The van der Waals surface area contributed by atoms with E-state index >= 15 is 0 Å². The number of allylic oxidation sites excluding steroid dienone is 1. The zero-order valence-corrected chi connectivity index (χ0v) is 17.0. The van der Waals surface area contributed by atoms with Crippen molar-refractivity contribution in [3.05, 3.63) is 69.2 Å². The van der Waals surface area contributed by atoms with E-state index in [0.717, 1.165) is 46.2 Å². The van der Waals surface area contributed by atoms with E-state index in [0.29, 0.717) is 5.75 Å². The average Bonchev–Trinajstić information content (AvgIpc) is 2.67. The highest BCUT2D eigenvalue weighted by atomic mass is 79.9.